The van der Waals surface area contributed by atoms with Crippen molar-refractivity contribution in [3.8, 4) is 0 Å². The van der Waals surface area contributed by atoms with Crippen molar-refractivity contribution in [3.63, 3.8) is 0 Å². The summed E-state index contributed by atoms with van der Waals surface area (Å²) in [4.78, 5) is 0. The molecule has 0 aliphatic carbocycles. The maximum atomic E-state index is 5.03. The highest BCUT2D eigenvalue weighted by Gasteiger charge is 1.99. The summed E-state index contributed by atoms with van der Waals surface area (Å²) in [6.07, 6.45) is 1.97. The van der Waals surface area contributed by atoms with Crippen LogP contribution in [0.3, 0.4) is 0 Å². The summed E-state index contributed by atoms with van der Waals surface area (Å²) in [5.41, 5.74) is 2.19. The molecule has 3 nitrogen and oxygen atoms in total. The van der Waals surface area contributed by atoms with E-state index in [0.717, 1.165) is 16.7 Å². The van der Waals surface area contributed by atoms with Crippen LogP contribution in [0.1, 0.15) is 11.3 Å². The van der Waals surface area contributed by atoms with E-state index >= 15 is 0 Å². The SMILES string of the molecule is COCc1ccn(Cc2ccc(Br)cc2)n1. The molecule has 0 spiro atoms. The lowest BCUT2D eigenvalue weighted by Gasteiger charge is -2.02. The van der Waals surface area contributed by atoms with Gasteiger partial charge in [-0.2, -0.15) is 5.10 Å². The molecule has 0 aliphatic heterocycles. The molecule has 0 N–H and O–H groups in total. The molecule has 0 bridgehead atoms. The molecule has 2 rings (SSSR count). The number of methoxy groups -OCH3 is 1. The van der Waals surface area contributed by atoms with Crippen LogP contribution in [0.2, 0.25) is 0 Å². The number of hydrogen-bond acceptors (Lipinski definition) is 2. The molecule has 0 atom stereocenters. The molecule has 1 heterocycles. The largest absolute Gasteiger partial charge is 0.378 e. The Kier molecular flexibility index (Phi) is 3.74. The number of halogens is 1. The standard InChI is InChI=1S/C12H13BrN2O/c1-16-9-12-6-7-15(14-12)8-10-2-4-11(13)5-3-10/h2-7H,8-9H2,1H3. The lowest BCUT2D eigenvalue weighted by atomic mass is 10.2. The van der Waals surface area contributed by atoms with E-state index in [9.17, 15) is 0 Å². The van der Waals surface area contributed by atoms with Crippen LogP contribution in [0.5, 0.6) is 0 Å². The van der Waals surface area contributed by atoms with Gasteiger partial charge in [-0.15, -0.1) is 0 Å². The van der Waals surface area contributed by atoms with Crippen molar-refractivity contribution in [2.45, 2.75) is 13.2 Å². The zero-order valence-electron chi connectivity index (χ0n) is 9.06. The molecule has 2 aromatic rings. The highest BCUT2D eigenvalue weighted by Crippen LogP contribution is 2.11. The van der Waals surface area contributed by atoms with Gasteiger partial charge >= 0.3 is 0 Å². The molecule has 0 saturated heterocycles. The van der Waals surface area contributed by atoms with E-state index in [1.165, 1.54) is 5.56 Å². The third-order valence-electron chi connectivity index (χ3n) is 2.25. The van der Waals surface area contributed by atoms with Crippen molar-refractivity contribution in [2.75, 3.05) is 7.11 Å². The molecule has 16 heavy (non-hydrogen) atoms. The monoisotopic (exact) mass is 280 g/mol. The quantitative estimate of drug-likeness (QED) is 0.861. The van der Waals surface area contributed by atoms with E-state index in [1.54, 1.807) is 7.11 Å². The average Bonchev–Trinajstić information content (AvgIpc) is 2.70. The van der Waals surface area contributed by atoms with Gasteiger partial charge in [0.1, 0.15) is 0 Å². The maximum absolute atomic E-state index is 5.03. The number of hydrogen-bond donors (Lipinski definition) is 0. The number of aromatic nitrogens is 2. The van der Waals surface area contributed by atoms with Crippen LogP contribution in [-0.2, 0) is 17.9 Å². The topological polar surface area (TPSA) is 27.1 Å². The van der Waals surface area contributed by atoms with Gasteiger partial charge in [0, 0.05) is 17.8 Å². The van der Waals surface area contributed by atoms with Crippen LogP contribution in [0.15, 0.2) is 41.0 Å². The first-order valence-corrected chi connectivity index (χ1v) is 5.83. The van der Waals surface area contributed by atoms with E-state index in [2.05, 4.69) is 33.2 Å². The molecule has 4 heteroatoms. The first-order valence-electron chi connectivity index (χ1n) is 5.03. The van der Waals surface area contributed by atoms with Gasteiger partial charge in [0.25, 0.3) is 0 Å². The molecular formula is C12H13BrN2O. The number of rotatable bonds is 4. The molecule has 0 aliphatic rings. The Balaban J connectivity index is 2.05. The molecule has 0 radical (unpaired) electrons. The van der Waals surface area contributed by atoms with Crippen LogP contribution in [-0.4, -0.2) is 16.9 Å². The second-order valence-corrected chi connectivity index (χ2v) is 4.48. The van der Waals surface area contributed by atoms with Crippen LogP contribution >= 0.6 is 15.9 Å². The fourth-order valence-electron chi connectivity index (χ4n) is 1.49. The molecular weight excluding hydrogens is 268 g/mol. The summed E-state index contributed by atoms with van der Waals surface area (Å²) in [5.74, 6) is 0. The summed E-state index contributed by atoms with van der Waals surface area (Å²) in [6, 6.07) is 10.2. The molecule has 0 saturated carbocycles. The van der Waals surface area contributed by atoms with E-state index in [0.29, 0.717) is 6.61 Å². The highest BCUT2D eigenvalue weighted by molar-refractivity contribution is 9.10. The zero-order chi connectivity index (χ0) is 11.4. The molecule has 0 unspecified atom stereocenters. The molecule has 1 aromatic carbocycles. The predicted octanol–water partition coefficient (Wildman–Crippen LogP) is 2.84. The highest BCUT2D eigenvalue weighted by atomic mass is 79.9. The van der Waals surface area contributed by atoms with Gasteiger partial charge in [-0.25, -0.2) is 0 Å². The van der Waals surface area contributed by atoms with E-state index in [1.807, 2.05) is 29.1 Å². The Hall–Kier alpha value is -1.13. The van der Waals surface area contributed by atoms with E-state index < -0.39 is 0 Å². The van der Waals surface area contributed by atoms with Gasteiger partial charge < -0.3 is 4.74 Å². The number of ether oxygens (including phenoxy) is 1. The lowest BCUT2D eigenvalue weighted by Crippen LogP contribution is -2.01. The van der Waals surface area contributed by atoms with Crippen LogP contribution < -0.4 is 0 Å². The third kappa shape index (κ3) is 2.93. The van der Waals surface area contributed by atoms with Gasteiger partial charge in [-0.05, 0) is 23.8 Å². The van der Waals surface area contributed by atoms with Gasteiger partial charge in [0.15, 0.2) is 0 Å². The van der Waals surface area contributed by atoms with Crippen LogP contribution in [0.25, 0.3) is 0 Å². The number of nitrogens with zero attached hydrogens (tertiary/aromatic N) is 2. The Morgan fingerprint density at radius 1 is 1.25 bits per heavy atom. The third-order valence-corrected chi connectivity index (χ3v) is 2.77. The molecule has 0 fully saturated rings. The van der Waals surface area contributed by atoms with Gasteiger partial charge in [0.2, 0.25) is 0 Å². The summed E-state index contributed by atoms with van der Waals surface area (Å²) in [6.45, 7) is 1.35. The van der Waals surface area contributed by atoms with E-state index in [-0.39, 0.29) is 0 Å². The second kappa shape index (κ2) is 5.27. The fraction of sp³-hybridized carbons (Fsp3) is 0.250. The van der Waals surface area contributed by atoms with Gasteiger partial charge in [0.05, 0.1) is 18.8 Å². The molecule has 0 amide bonds. The first kappa shape index (κ1) is 11.4. The first-order chi connectivity index (χ1) is 7.78. The Morgan fingerprint density at radius 2 is 2.00 bits per heavy atom. The van der Waals surface area contributed by atoms with Crippen LogP contribution in [0, 0.1) is 0 Å². The summed E-state index contributed by atoms with van der Waals surface area (Å²) >= 11 is 3.42. The minimum atomic E-state index is 0.563. The van der Waals surface area contributed by atoms with Crippen molar-refractivity contribution in [3.05, 3.63) is 52.3 Å². The van der Waals surface area contributed by atoms with E-state index in [4.69, 9.17) is 4.74 Å². The van der Waals surface area contributed by atoms with Gasteiger partial charge in [-0.3, -0.25) is 4.68 Å². The smallest absolute Gasteiger partial charge is 0.0902 e. The van der Waals surface area contributed by atoms with Crippen LogP contribution in [0.4, 0.5) is 0 Å². The lowest BCUT2D eigenvalue weighted by molar-refractivity contribution is 0.181. The minimum absolute atomic E-state index is 0.563. The Labute approximate surface area is 103 Å². The van der Waals surface area contributed by atoms with Crippen molar-refractivity contribution in [2.24, 2.45) is 0 Å². The average molecular weight is 281 g/mol. The van der Waals surface area contributed by atoms with Gasteiger partial charge in [-0.1, -0.05) is 28.1 Å². The predicted molar refractivity (Wildman–Crippen MR) is 66.2 cm³/mol. The summed E-state index contributed by atoms with van der Waals surface area (Å²) in [7, 11) is 1.67. The maximum Gasteiger partial charge on any atom is 0.0902 e. The fourth-order valence-corrected chi connectivity index (χ4v) is 1.76. The zero-order valence-corrected chi connectivity index (χ0v) is 10.6. The Morgan fingerprint density at radius 3 is 2.69 bits per heavy atom. The Bertz CT molecular complexity index is 450. The van der Waals surface area contributed by atoms with Crippen molar-refractivity contribution < 1.29 is 4.74 Å². The normalized spacial score (nSPS) is 10.6. The summed E-state index contributed by atoms with van der Waals surface area (Å²) < 4.78 is 8.03. The van der Waals surface area contributed by atoms with Crippen molar-refractivity contribution in [1.29, 1.82) is 0 Å². The van der Waals surface area contributed by atoms with Crippen molar-refractivity contribution >= 4 is 15.9 Å². The van der Waals surface area contributed by atoms with Crippen molar-refractivity contribution in [1.82, 2.24) is 9.78 Å². The number of benzene rings is 1. The summed E-state index contributed by atoms with van der Waals surface area (Å²) in [5, 5.41) is 4.40. The minimum Gasteiger partial charge on any atom is -0.378 e. The second-order valence-electron chi connectivity index (χ2n) is 3.56. The molecule has 84 valence electrons. The molecule has 1 aromatic heterocycles.